The topological polar surface area (TPSA) is 113 Å². The number of primary amides is 1. The van der Waals surface area contributed by atoms with Gasteiger partial charge in [0, 0.05) is 19.0 Å². The first-order valence-electron chi connectivity index (χ1n) is 7.19. The average Bonchev–Trinajstić information content (AvgIpc) is 2.81. The Morgan fingerprint density at radius 2 is 1.95 bits per heavy atom. The Kier molecular flexibility index (Phi) is 4.94. The number of nitrogens with two attached hydrogens (primary N) is 1. The van der Waals surface area contributed by atoms with E-state index < -0.39 is 11.9 Å². The molecule has 0 radical (unpaired) electrons. The second-order valence-electron chi connectivity index (χ2n) is 5.56. The standard InChI is InChI=1S/C13H22N4O3/c14-13(20)17-11(18)5-6-15-12(19)10-7-8-3-1-2-4-9(8)16-10/h8-10,16H,1-7H2,(H,15,19)(H3,14,17,18,20). The molecule has 7 heteroatoms. The Bertz CT molecular complexity index is 385. The van der Waals surface area contributed by atoms with Crippen molar-refractivity contribution in [1.82, 2.24) is 16.0 Å². The molecule has 3 unspecified atom stereocenters. The Labute approximate surface area is 118 Å². The lowest BCUT2D eigenvalue weighted by Gasteiger charge is -2.24. The smallest absolute Gasteiger partial charge is 0.318 e. The van der Waals surface area contributed by atoms with E-state index in [1.807, 2.05) is 5.32 Å². The lowest BCUT2D eigenvalue weighted by Crippen LogP contribution is -2.44. The van der Waals surface area contributed by atoms with Gasteiger partial charge in [0.1, 0.15) is 0 Å². The van der Waals surface area contributed by atoms with E-state index in [4.69, 9.17) is 5.73 Å². The van der Waals surface area contributed by atoms with Crippen LogP contribution in [-0.2, 0) is 9.59 Å². The number of amides is 4. The van der Waals surface area contributed by atoms with Crippen LogP contribution in [0.2, 0.25) is 0 Å². The first kappa shape index (κ1) is 14.8. The molecule has 4 amide bonds. The van der Waals surface area contributed by atoms with Gasteiger partial charge >= 0.3 is 6.03 Å². The van der Waals surface area contributed by atoms with Crippen LogP contribution in [-0.4, -0.2) is 36.5 Å². The van der Waals surface area contributed by atoms with Crippen LogP contribution in [0.15, 0.2) is 0 Å². The summed E-state index contributed by atoms with van der Waals surface area (Å²) >= 11 is 0. The molecule has 2 fully saturated rings. The van der Waals surface area contributed by atoms with Gasteiger partial charge in [-0.15, -0.1) is 0 Å². The quantitative estimate of drug-likeness (QED) is 0.562. The molecule has 2 rings (SSSR count). The van der Waals surface area contributed by atoms with Crippen molar-refractivity contribution in [2.75, 3.05) is 6.54 Å². The largest absolute Gasteiger partial charge is 0.354 e. The van der Waals surface area contributed by atoms with Crippen LogP contribution in [0, 0.1) is 5.92 Å². The minimum absolute atomic E-state index is 0.0499. The summed E-state index contributed by atoms with van der Waals surface area (Å²) in [6.45, 7) is 0.214. The van der Waals surface area contributed by atoms with Crippen molar-refractivity contribution in [3.63, 3.8) is 0 Å². The number of fused-ring (bicyclic) bond motifs is 1. The Morgan fingerprint density at radius 3 is 2.65 bits per heavy atom. The molecule has 0 aromatic heterocycles. The molecule has 0 bridgehead atoms. The van der Waals surface area contributed by atoms with Gasteiger partial charge in [-0.1, -0.05) is 12.8 Å². The Balaban J connectivity index is 1.68. The molecule has 20 heavy (non-hydrogen) atoms. The molecule has 0 aromatic rings. The van der Waals surface area contributed by atoms with Crippen LogP contribution in [0.4, 0.5) is 4.79 Å². The lowest BCUT2D eigenvalue weighted by atomic mass is 9.85. The van der Waals surface area contributed by atoms with E-state index in [1.165, 1.54) is 19.3 Å². The molecular formula is C13H22N4O3. The molecule has 1 saturated heterocycles. The average molecular weight is 282 g/mol. The highest BCUT2D eigenvalue weighted by atomic mass is 16.2. The van der Waals surface area contributed by atoms with Gasteiger partial charge in [-0.2, -0.15) is 0 Å². The zero-order chi connectivity index (χ0) is 14.5. The van der Waals surface area contributed by atoms with E-state index in [9.17, 15) is 14.4 Å². The second-order valence-corrected chi connectivity index (χ2v) is 5.56. The van der Waals surface area contributed by atoms with Gasteiger partial charge in [-0.25, -0.2) is 4.79 Å². The van der Waals surface area contributed by atoms with Crippen molar-refractivity contribution < 1.29 is 14.4 Å². The number of carbonyl (C=O) groups excluding carboxylic acids is 3. The first-order chi connectivity index (χ1) is 9.56. The van der Waals surface area contributed by atoms with Gasteiger partial charge < -0.3 is 16.4 Å². The molecule has 0 spiro atoms. The lowest BCUT2D eigenvalue weighted by molar-refractivity contribution is -0.123. The normalized spacial score (nSPS) is 28.5. The van der Waals surface area contributed by atoms with E-state index in [1.54, 1.807) is 0 Å². The number of hydrogen-bond donors (Lipinski definition) is 4. The number of carbonyl (C=O) groups is 3. The van der Waals surface area contributed by atoms with Crippen molar-refractivity contribution in [3.8, 4) is 0 Å². The molecule has 5 N–H and O–H groups in total. The summed E-state index contributed by atoms with van der Waals surface area (Å²) < 4.78 is 0. The molecule has 1 saturated carbocycles. The van der Waals surface area contributed by atoms with Crippen molar-refractivity contribution >= 4 is 17.8 Å². The summed E-state index contributed by atoms with van der Waals surface area (Å²) in [5.41, 5.74) is 4.82. The predicted molar refractivity (Wildman–Crippen MR) is 72.6 cm³/mol. The molecule has 2 aliphatic rings. The fraction of sp³-hybridized carbons (Fsp3) is 0.769. The van der Waals surface area contributed by atoms with E-state index >= 15 is 0 Å². The third-order valence-corrected chi connectivity index (χ3v) is 4.09. The second kappa shape index (κ2) is 6.69. The fourth-order valence-corrected chi connectivity index (χ4v) is 3.14. The molecule has 112 valence electrons. The van der Waals surface area contributed by atoms with E-state index in [2.05, 4.69) is 10.6 Å². The molecule has 0 aromatic carbocycles. The Morgan fingerprint density at radius 1 is 1.20 bits per heavy atom. The van der Waals surface area contributed by atoms with Crippen LogP contribution in [0.3, 0.4) is 0 Å². The van der Waals surface area contributed by atoms with E-state index in [0.29, 0.717) is 12.0 Å². The third kappa shape index (κ3) is 3.93. The van der Waals surface area contributed by atoms with E-state index in [0.717, 1.165) is 12.8 Å². The SMILES string of the molecule is NC(=O)NC(=O)CCNC(=O)C1CC2CCCCC2N1. The number of nitrogens with one attached hydrogen (secondary N) is 3. The van der Waals surface area contributed by atoms with Gasteiger partial charge in [0.15, 0.2) is 0 Å². The zero-order valence-electron chi connectivity index (χ0n) is 11.5. The summed E-state index contributed by atoms with van der Waals surface area (Å²) in [7, 11) is 0. The Hall–Kier alpha value is -1.63. The molecular weight excluding hydrogens is 260 g/mol. The number of imide groups is 1. The van der Waals surface area contributed by atoms with Crippen molar-refractivity contribution in [3.05, 3.63) is 0 Å². The van der Waals surface area contributed by atoms with Gasteiger partial charge in [-0.05, 0) is 25.2 Å². The minimum Gasteiger partial charge on any atom is -0.354 e. The van der Waals surface area contributed by atoms with Crippen molar-refractivity contribution in [2.45, 2.75) is 50.6 Å². The van der Waals surface area contributed by atoms with Crippen molar-refractivity contribution in [2.24, 2.45) is 11.7 Å². The monoisotopic (exact) mass is 282 g/mol. The first-order valence-corrected chi connectivity index (χ1v) is 7.19. The van der Waals surface area contributed by atoms with Gasteiger partial charge in [0.25, 0.3) is 0 Å². The molecule has 3 atom stereocenters. The highest BCUT2D eigenvalue weighted by Gasteiger charge is 2.37. The van der Waals surface area contributed by atoms with Crippen LogP contribution >= 0.6 is 0 Å². The maximum absolute atomic E-state index is 12.0. The summed E-state index contributed by atoms with van der Waals surface area (Å²) in [5.74, 6) is 0.0646. The molecule has 1 aliphatic heterocycles. The zero-order valence-corrected chi connectivity index (χ0v) is 11.5. The number of rotatable bonds is 4. The maximum atomic E-state index is 12.0. The van der Waals surface area contributed by atoms with Crippen molar-refractivity contribution in [1.29, 1.82) is 0 Å². The molecule has 1 aliphatic carbocycles. The summed E-state index contributed by atoms with van der Waals surface area (Å²) in [5, 5.41) is 8.06. The van der Waals surface area contributed by atoms with Gasteiger partial charge in [0.05, 0.1) is 6.04 Å². The van der Waals surface area contributed by atoms with Crippen LogP contribution in [0.1, 0.15) is 38.5 Å². The fourth-order valence-electron chi connectivity index (χ4n) is 3.14. The summed E-state index contributed by atoms with van der Waals surface area (Å²) in [4.78, 5) is 33.6. The minimum atomic E-state index is -0.872. The van der Waals surface area contributed by atoms with Crippen LogP contribution in [0.5, 0.6) is 0 Å². The molecule has 1 heterocycles. The van der Waals surface area contributed by atoms with Crippen LogP contribution < -0.4 is 21.7 Å². The highest BCUT2D eigenvalue weighted by molar-refractivity contribution is 5.93. The number of urea groups is 1. The maximum Gasteiger partial charge on any atom is 0.318 e. The summed E-state index contributed by atoms with van der Waals surface area (Å²) in [6, 6.07) is -0.553. The van der Waals surface area contributed by atoms with Gasteiger partial charge in [0.2, 0.25) is 11.8 Å². The molecule has 7 nitrogen and oxygen atoms in total. The predicted octanol–water partition coefficient (Wildman–Crippen LogP) is -0.392. The van der Waals surface area contributed by atoms with E-state index in [-0.39, 0.29) is 24.9 Å². The summed E-state index contributed by atoms with van der Waals surface area (Å²) in [6.07, 6.45) is 5.76. The number of hydrogen-bond acceptors (Lipinski definition) is 4. The highest BCUT2D eigenvalue weighted by Crippen LogP contribution is 2.33. The van der Waals surface area contributed by atoms with Crippen LogP contribution in [0.25, 0.3) is 0 Å². The van der Waals surface area contributed by atoms with Gasteiger partial charge in [-0.3, -0.25) is 14.9 Å². The third-order valence-electron chi connectivity index (χ3n) is 4.09.